The van der Waals surface area contributed by atoms with Crippen LogP contribution in [0.3, 0.4) is 0 Å². The van der Waals surface area contributed by atoms with Crippen LogP contribution in [0.2, 0.25) is 10.0 Å². The van der Waals surface area contributed by atoms with Gasteiger partial charge >= 0.3 is 0 Å². The Morgan fingerprint density at radius 1 is 1.07 bits per heavy atom. The van der Waals surface area contributed by atoms with Gasteiger partial charge in [0.1, 0.15) is 22.8 Å². The van der Waals surface area contributed by atoms with E-state index in [9.17, 15) is 5.11 Å². The van der Waals surface area contributed by atoms with Crippen LogP contribution in [0.1, 0.15) is 18.4 Å². The zero-order valence-corrected chi connectivity index (χ0v) is 18.1. The van der Waals surface area contributed by atoms with Gasteiger partial charge < -0.3 is 15.2 Å². The van der Waals surface area contributed by atoms with Crippen LogP contribution in [0, 0.1) is 6.92 Å². The molecule has 0 radical (unpaired) electrons. The number of nitrogens with zero attached hydrogens (tertiary/aromatic N) is 4. The summed E-state index contributed by atoms with van der Waals surface area (Å²) in [6.45, 7) is 3.90. The van der Waals surface area contributed by atoms with E-state index >= 15 is 0 Å². The lowest BCUT2D eigenvalue weighted by molar-refractivity contribution is 0.415. The average Bonchev–Trinajstić information content (AvgIpc) is 3.09. The monoisotopic (exact) mass is 443 g/mol. The number of rotatable bonds is 5. The molecule has 4 aromatic rings. The van der Waals surface area contributed by atoms with Gasteiger partial charge in [-0.25, -0.2) is 9.97 Å². The molecule has 30 heavy (non-hydrogen) atoms. The average molecular weight is 444 g/mol. The van der Waals surface area contributed by atoms with Crippen LogP contribution in [0.25, 0.3) is 16.9 Å². The number of nitrogens with one attached hydrogen (secondary N) is 1. The van der Waals surface area contributed by atoms with Crippen LogP contribution in [-0.4, -0.2) is 31.7 Å². The zero-order valence-electron chi connectivity index (χ0n) is 16.6. The van der Waals surface area contributed by atoms with Crippen LogP contribution < -0.4 is 10.1 Å². The first-order valence-electron chi connectivity index (χ1n) is 9.26. The first kappa shape index (κ1) is 20.3. The van der Waals surface area contributed by atoms with E-state index in [0.29, 0.717) is 34.3 Å². The first-order valence-corrected chi connectivity index (χ1v) is 10.0. The first-order chi connectivity index (χ1) is 14.4. The Bertz CT molecular complexity index is 1260. The second-order valence-corrected chi connectivity index (χ2v) is 7.45. The van der Waals surface area contributed by atoms with E-state index in [1.165, 1.54) is 0 Å². The molecule has 2 aromatic carbocycles. The highest BCUT2D eigenvalue weighted by Gasteiger charge is 2.17. The van der Waals surface area contributed by atoms with Crippen molar-refractivity contribution in [1.29, 1.82) is 0 Å². The summed E-state index contributed by atoms with van der Waals surface area (Å²) in [5, 5.41) is 13.7. The Morgan fingerprint density at radius 3 is 2.53 bits per heavy atom. The number of aromatic nitrogens is 4. The fourth-order valence-corrected chi connectivity index (χ4v) is 3.64. The summed E-state index contributed by atoms with van der Waals surface area (Å²) in [5.41, 5.74) is 3.57. The smallest absolute Gasteiger partial charge is 0.229 e. The Labute approximate surface area is 183 Å². The van der Waals surface area contributed by atoms with Gasteiger partial charge in [0.25, 0.3) is 0 Å². The molecule has 0 unspecified atom stereocenters. The van der Waals surface area contributed by atoms with E-state index in [-0.39, 0.29) is 10.8 Å². The molecule has 0 aliphatic rings. The topological polar surface area (TPSA) is 85.1 Å². The third kappa shape index (κ3) is 3.62. The number of phenolic OH excluding ortho intramolecular Hbond substituents is 1. The van der Waals surface area contributed by atoms with E-state index in [4.69, 9.17) is 37.9 Å². The molecule has 154 valence electrons. The number of ether oxygens (including phenoxy) is 1. The quantitative estimate of drug-likeness (QED) is 0.426. The molecule has 0 atom stereocenters. The number of anilines is 2. The molecule has 7 nitrogen and oxygen atoms in total. The second-order valence-electron chi connectivity index (χ2n) is 6.63. The number of halogens is 2. The van der Waals surface area contributed by atoms with Crippen molar-refractivity contribution >= 4 is 46.0 Å². The van der Waals surface area contributed by atoms with Crippen molar-refractivity contribution in [3.05, 3.63) is 58.0 Å². The van der Waals surface area contributed by atoms with Crippen LogP contribution in [0.4, 0.5) is 11.6 Å². The molecular formula is C21H19Cl2N5O2. The normalized spacial score (nSPS) is 11.1. The molecule has 0 aliphatic heterocycles. The number of aromatic hydroxyl groups is 1. The summed E-state index contributed by atoms with van der Waals surface area (Å²) >= 11 is 12.4. The minimum atomic E-state index is 0.0208. The molecule has 0 spiro atoms. The number of hydrogen-bond acceptors (Lipinski definition) is 6. The van der Waals surface area contributed by atoms with Crippen LogP contribution >= 0.6 is 23.2 Å². The van der Waals surface area contributed by atoms with E-state index in [0.717, 1.165) is 22.9 Å². The third-order valence-electron chi connectivity index (χ3n) is 4.66. The highest BCUT2D eigenvalue weighted by molar-refractivity contribution is 6.32. The van der Waals surface area contributed by atoms with Crippen LogP contribution in [0.5, 0.6) is 11.5 Å². The van der Waals surface area contributed by atoms with Crippen molar-refractivity contribution in [2.45, 2.75) is 20.3 Å². The van der Waals surface area contributed by atoms with Crippen LogP contribution in [0.15, 0.2) is 36.4 Å². The lowest BCUT2D eigenvalue weighted by atomic mass is 10.3. The summed E-state index contributed by atoms with van der Waals surface area (Å²) in [6.07, 6.45) is 0.686. The van der Waals surface area contributed by atoms with E-state index in [2.05, 4.69) is 10.3 Å². The fourth-order valence-electron chi connectivity index (χ4n) is 3.21. The van der Waals surface area contributed by atoms with Gasteiger partial charge in [0, 0.05) is 12.1 Å². The standard InChI is InChI=1S/C21H19Cl2N5O2/c1-4-18-26-19-11(2)24-21(25-12-5-8-17(30-3)15(23)9-12)27-20(19)28(18)13-6-7-16(29)14(22)10-13/h5-10,29H,4H2,1-3H3,(H,24,25,27). The van der Waals surface area contributed by atoms with Gasteiger partial charge in [0.2, 0.25) is 5.95 Å². The van der Waals surface area contributed by atoms with Gasteiger partial charge in [-0.3, -0.25) is 4.57 Å². The molecule has 2 heterocycles. The SMILES string of the molecule is CCc1nc2c(C)nc(Nc3ccc(OC)c(Cl)c3)nc2n1-c1ccc(O)c(Cl)c1. The molecule has 0 aliphatic carbocycles. The largest absolute Gasteiger partial charge is 0.506 e. The minimum Gasteiger partial charge on any atom is -0.506 e. The van der Waals surface area contributed by atoms with Gasteiger partial charge in [-0.1, -0.05) is 30.1 Å². The molecule has 2 aromatic heterocycles. The molecule has 0 amide bonds. The molecule has 4 rings (SSSR count). The van der Waals surface area contributed by atoms with Crippen molar-refractivity contribution in [3.8, 4) is 17.2 Å². The minimum absolute atomic E-state index is 0.0208. The Balaban J connectivity index is 1.84. The summed E-state index contributed by atoms with van der Waals surface area (Å²) in [5.74, 6) is 1.83. The molecular weight excluding hydrogens is 425 g/mol. The molecule has 0 bridgehead atoms. The lowest BCUT2D eigenvalue weighted by Gasteiger charge is -2.11. The number of hydrogen-bond donors (Lipinski definition) is 2. The fraction of sp³-hybridized carbons (Fsp3) is 0.190. The summed E-state index contributed by atoms with van der Waals surface area (Å²) < 4.78 is 7.11. The van der Waals surface area contributed by atoms with Crippen molar-refractivity contribution in [2.24, 2.45) is 0 Å². The van der Waals surface area contributed by atoms with Gasteiger partial charge in [0.05, 0.1) is 28.5 Å². The Morgan fingerprint density at radius 2 is 1.87 bits per heavy atom. The van der Waals surface area contributed by atoms with Gasteiger partial charge in [0.15, 0.2) is 5.65 Å². The van der Waals surface area contributed by atoms with Gasteiger partial charge in [-0.15, -0.1) is 0 Å². The predicted molar refractivity (Wildman–Crippen MR) is 119 cm³/mol. The molecule has 9 heteroatoms. The van der Waals surface area contributed by atoms with Crippen LogP contribution in [-0.2, 0) is 6.42 Å². The summed E-state index contributed by atoms with van der Waals surface area (Å²) in [4.78, 5) is 14.0. The lowest BCUT2D eigenvalue weighted by Crippen LogP contribution is -2.04. The van der Waals surface area contributed by atoms with E-state index < -0.39 is 0 Å². The van der Waals surface area contributed by atoms with Gasteiger partial charge in [-0.05, 0) is 43.3 Å². The molecule has 0 saturated carbocycles. The summed E-state index contributed by atoms with van der Waals surface area (Å²) in [6, 6.07) is 10.4. The maximum absolute atomic E-state index is 9.78. The van der Waals surface area contributed by atoms with E-state index in [1.807, 2.05) is 24.5 Å². The molecule has 0 fully saturated rings. The number of benzene rings is 2. The predicted octanol–water partition coefficient (Wildman–Crippen LogP) is 5.45. The van der Waals surface area contributed by atoms with Crippen molar-refractivity contribution in [3.63, 3.8) is 0 Å². The Hall–Kier alpha value is -3.03. The Kier molecular flexibility index (Phi) is 5.40. The molecule has 2 N–H and O–H groups in total. The highest BCUT2D eigenvalue weighted by Crippen LogP contribution is 2.31. The number of phenols is 1. The highest BCUT2D eigenvalue weighted by atomic mass is 35.5. The maximum Gasteiger partial charge on any atom is 0.229 e. The van der Waals surface area contributed by atoms with Crippen molar-refractivity contribution in [2.75, 3.05) is 12.4 Å². The third-order valence-corrected chi connectivity index (χ3v) is 5.26. The van der Waals surface area contributed by atoms with Crippen molar-refractivity contribution in [1.82, 2.24) is 19.5 Å². The van der Waals surface area contributed by atoms with Crippen molar-refractivity contribution < 1.29 is 9.84 Å². The zero-order chi connectivity index (χ0) is 21.4. The maximum atomic E-state index is 9.78. The number of fused-ring (bicyclic) bond motifs is 1. The number of aryl methyl sites for hydroxylation is 2. The van der Waals surface area contributed by atoms with Gasteiger partial charge in [-0.2, -0.15) is 4.98 Å². The second kappa shape index (κ2) is 8.01. The molecule has 0 saturated heterocycles. The number of imidazole rings is 1. The summed E-state index contributed by atoms with van der Waals surface area (Å²) in [7, 11) is 1.57. The number of methoxy groups -OCH3 is 1. The van der Waals surface area contributed by atoms with E-state index in [1.54, 1.807) is 37.4 Å².